The van der Waals surface area contributed by atoms with E-state index in [4.69, 9.17) is 0 Å². The maximum absolute atomic E-state index is 12.8. The molecule has 1 atom stereocenters. The number of hydrogen-bond donors (Lipinski definition) is 3. The SMILES string of the molecule is C=C1/C=C\CCC[C@@H](C)CNC(=O)C(NNC)=C1OF. The second-order valence-corrected chi connectivity index (χ2v) is 4.83. The maximum Gasteiger partial charge on any atom is 0.272 e. The summed E-state index contributed by atoms with van der Waals surface area (Å²) in [5.74, 6) is -0.296. The monoisotopic (exact) mass is 283 g/mol. The topological polar surface area (TPSA) is 62.4 Å². The van der Waals surface area contributed by atoms with Gasteiger partial charge in [-0.15, -0.1) is 0 Å². The van der Waals surface area contributed by atoms with Gasteiger partial charge in [0.1, 0.15) is 0 Å². The summed E-state index contributed by atoms with van der Waals surface area (Å²) in [6, 6.07) is 0. The Morgan fingerprint density at radius 1 is 1.55 bits per heavy atom. The fraction of sp³-hybridized carbons (Fsp3) is 0.500. The fourth-order valence-electron chi connectivity index (χ4n) is 1.93. The van der Waals surface area contributed by atoms with Crippen molar-refractivity contribution < 1.29 is 14.3 Å². The summed E-state index contributed by atoms with van der Waals surface area (Å²) in [6.07, 6.45) is 6.47. The largest absolute Gasteiger partial charge is 0.350 e. The molecule has 0 aromatic heterocycles. The quantitative estimate of drug-likeness (QED) is 0.692. The maximum atomic E-state index is 12.8. The van der Waals surface area contributed by atoms with Crippen LogP contribution in [0.15, 0.2) is 35.8 Å². The van der Waals surface area contributed by atoms with E-state index in [1.165, 1.54) is 0 Å². The van der Waals surface area contributed by atoms with Crippen LogP contribution in [0.1, 0.15) is 26.2 Å². The number of nitrogens with one attached hydrogen (secondary N) is 3. The zero-order valence-corrected chi connectivity index (χ0v) is 12.0. The molecule has 0 spiro atoms. The van der Waals surface area contributed by atoms with Crippen molar-refractivity contribution in [3.05, 3.63) is 35.8 Å². The van der Waals surface area contributed by atoms with Crippen molar-refractivity contribution in [2.75, 3.05) is 13.6 Å². The van der Waals surface area contributed by atoms with E-state index < -0.39 is 5.91 Å². The van der Waals surface area contributed by atoms with Gasteiger partial charge in [-0.1, -0.05) is 25.7 Å². The van der Waals surface area contributed by atoms with Crippen molar-refractivity contribution in [2.45, 2.75) is 26.2 Å². The van der Waals surface area contributed by atoms with Crippen molar-refractivity contribution in [1.82, 2.24) is 16.2 Å². The highest BCUT2D eigenvalue weighted by molar-refractivity contribution is 5.94. The van der Waals surface area contributed by atoms with Gasteiger partial charge in [0.05, 0.1) is 0 Å². The minimum absolute atomic E-state index is 0.0302. The minimum atomic E-state index is -0.436. The fourth-order valence-corrected chi connectivity index (χ4v) is 1.93. The van der Waals surface area contributed by atoms with Gasteiger partial charge < -0.3 is 10.7 Å². The molecule has 5 nitrogen and oxygen atoms in total. The second kappa shape index (κ2) is 8.37. The molecule has 0 aromatic rings. The highest BCUT2D eigenvalue weighted by atomic mass is 19.3. The molecule has 0 aliphatic carbocycles. The van der Waals surface area contributed by atoms with Gasteiger partial charge in [-0.2, -0.15) is 0 Å². The number of carbonyl (C=O) groups is 1. The molecule has 1 aliphatic rings. The third-order valence-electron chi connectivity index (χ3n) is 3.07. The molecule has 0 aromatic carbocycles. The van der Waals surface area contributed by atoms with Gasteiger partial charge in [0.25, 0.3) is 5.91 Å². The molecule has 1 amide bonds. The number of hydrazine groups is 1. The second-order valence-electron chi connectivity index (χ2n) is 4.83. The lowest BCUT2D eigenvalue weighted by molar-refractivity contribution is -0.120. The predicted molar refractivity (Wildman–Crippen MR) is 75.7 cm³/mol. The molecule has 1 rings (SSSR count). The lowest BCUT2D eigenvalue weighted by Crippen LogP contribution is -2.40. The zero-order valence-electron chi connectivity index (χ0n) is 12.0. The van der Waals surface area contributed by atoms with Crippen LogP contribution in [-0.2, 0) is 9.74 Å². The Morgan fingerprint density at radius 2 is 2.30 bits per heavy atom. The molecule has 0 unspecified atom stereocenters. The number of allylic oxidation sites excluding steroid dienone is 2. The molecule has 6 heteroatoms. The van der Waals surface area contributed by atoms with Crippen molar-refractivity contribution in [1.29, 1.82) is 0 Å². The van der Waals surface area contributed by atoms with E-state index in [0.29, 0.717) is 18.0 Å². The summed E-state index contributed by atoms with van der Waals surface area (Å²) in [7, 11) is 1.58. The van der Waals surface area contributed by atoms with Gasteiger partial charge in [-0.05, 0) is 25.2 Å². The Kier molecular flexibility index (Phi) is 6.79. The first kappa shape index (κ1) is 16.2. The van der Waals surface area contributed by atoms with Crippen molar-refractivity contribution in [2.24, 2.45) is 5.92 Å². The molecule has 20 heavy (non-hydrogen) atoms. The molecule has 0 saturated heterocycles. The number of hydrogen-bond acceptors (Lipinski definition) is 4. The highest BCUT2D eigenvalue weighted by Gasteiger charge is 2.20. The summed E-state index contributed by atoms with van der Waals surface area (Å²) >= 11 is 0. The third kappa shape index (κ3) is 4.70. The molecule has 0 bridgehead atoms. The van der Waals surface area contributed by atoms with Crippen LogP contribution in [0.4, 0.5) is 4.53 Å². The molecule has 1 heterocycles. The average molecular weight is 283 g/mol. The molecule has 0 saturated carbocycles. The lowest BCUT2D eigenvalue weighted by atomic mass is 10.0. The summed E-state index contributed by atoms with van der Waals surface area (Å²) in [5.41, 5.74) is 5.46. The normalized spacial score (nSPS) is 23.4. The predicted octanol–water partition coefficient (Wildman–Crippen LogP) is 1.87. The van der Waals surface area contributed by atoms with Crippen LogP contribution in [0.5, 0.6) is 0 Å². The molecule has 112 valence electrons. The summed E-state index contributed by atoms with van der Waals surface area (Å²) in [5, 5.41) is 2.76. The Labute approximate surface area is 118 Å². The highest BCUT2D eigenvalue weighted by Crippen LogP contribution is 2.17. The van der Waals surface area contributed by atoms with Crippen LogP contribution >= 0.6 is 0 Å². The summed E-state index contributed by atoms with van der Waals surface area (Å²) in [6.45, 7) is 6.32. The third-order valence-corrected chi connectivity index (χ3v) is 3.07. The van der Waals surface area contributed by atoms with Gasteiger partial charge >= 0.3 is 0 Å². The first-order chi connectivity index (χ1) is 9.60. The number of halogens is 1. The number of amides is 1. The minimum Gasteiger partial charge on any atom is -0.350 e. The van der Waals surface area contributed by atoms with Crippen molar-refractivity contribution >= 4 is 5.91 Å². The van der Waals surface area contributed by atoms with Gasteiger partial charge in [0.15, 0.2) is 5.70 Å². The Morgan fingerprint density at radius 3 is 2.95 bits per heavy atom. The molecular weight excluding hydrogens is 261 g/mol. The smallest absolute Gasteiger partial charge is 0.272 e. The van der Waals surface area contributed by atoms with Gasteiger partial charge in [-0.25, -0.2) is 5.43 Å². The van der Waals surface area contributed by atoms with E-state index in [0.717, 1.165) is 19.3 Å². The van der Waals surface area contributed by atoms with E-state index in [9.17, 15) is 9.32 Å². The number of rotatable bonds is 3. The van der Waals surface area contributed by atoms with Crippen LogP contribution in [0.3, 0.4) is 0 Å². The van der Waals surface area contributed by atoms with E-state index in [-0.39, 0.29) is 11.5 Å². The molecule has 0 radical (unpaired) electrons. The van der Waals surface area contributed by atoms with Crippen molar-refractivity contribution in [3.8, 4) is 0 Å². The molecule has 0 fully saturated rings. The van der Waals surface area contributed by atoms with Crippen LogP contribution in [0.2, 0.25) is 0 Å². The standard InChI is InChI=1S/C14H22FN3O2/c1-10-7-5-4-6-8-11(2)13(20-15)12(18-16-3)14(19)17-9-10/h6,8,10,16,18H,2,4-5,7,9H2,1,3H3,(H,17,19)/b8-6-,13-12?/t10-/m1/s1. The Bertz CT molecular complexity index is 419. The molecule has 1 aliphatic heterocycles. The lowest BCUT2D eigenvalue weighted by Gasteiger charge is -2.17. The number of carbonyl (C=O) groups excluding carboxylic acids is 1. The van der Waals surface area contributed by atoms with Crippen LogP contribution in [-0.4, -0.2) is 19.5 Å². The zero-order chi connectivity index (χ0) is 15.0. The summed E-state index contributed by atoms with van der Waals surface area (Å²) < 4.78 is 12.8. The molecule has 3 N–H and O–H groups in total. The van der Waals surface area contributed by atoms with E-state index in [1.807, 2.05) is 6.08 Å². The first-order valence-electron chi connectivity index (χ1n) is 6.69. The van der Waals surface area contributed by atoms with Crippen molar-refractivity contribution in [3.63, 3.8) is 0 Å². The van der Waals surface area contributed by atoms with E-state index in [1.54, 1.807) is 13.1 Å². The Balaban J connectivity index is 3.07. The summed E-state index contributed by atoms with van der Waals surface area (Å²) in [4.78, 5) is 15.9. The van der Waals surface area contributed by atoms with E-state index in [2.05, 4.69) is 34.6 Å². The Hall–Kier alpha value is -1.82. The van der Waals surface area contributed by atoms with Gasteiger partial charge in [0, 0.05) is 23.7 Å². The molecular formula is C14H22FN3O2. The van der Waals surface area contributed by atoms with Crippen LogP contribution < -0.4 is 16.2 Å². The van der Waals surface area contributed by atoms with Gasteiger partial charge in [0.2, 0.25) is 5.76 Å². The van der Waals surface area contributed by atoms with Crippen LogP contribution in [0, 0.1) is 5.92 Å². The van der Waals surface area contributed by atoms with E-state index >= 15 is 0 Å². The van der Waals surface area contributed by atoms with Crippen LogP contribution in [0.25, 0.3) is 0 Å². The van der Waals surface area contributed by atoms with Gasteiger partial charge in [-0.3, -0.25) is 9.74 Å². The average Bonchev–Trinajstić information content (AvgIpc) is 2.43. The first-order valence-corrected chi connectivity index (χ1v) is 6.69.